The topological polar surface area (TPSA) is 104 Å². The summed E-state index contributed by atoms with van der Waals surface area (Å²) in [5.41, 5.74) is 0. The van der Waals surface area contributed by atoms with Crippen LogP contribution in [0.25, 0.3) is 0 Å². The van der Waals surface area contributed by atoms with E-state index in [2.05, 4.69) is 5.32 Å². The summed E-state index contributed by atoms with van der Waals surface area (Å²) in [6.45, 7) is 0.344. The molecule has 106 valence electrons. The summed E-state index contributed by atoms with van der Waals surface area (Å²) in [5.74, 6) is -0.187. The maximum Gasteiger partial charge on any atom is 0.327 e. The number of carbonyl (C=O) groups excluding carboxylic acids is 1. The number of aliphatic carboxylic acids is 1. The predicted octanol–water partition coefficient (Wildman–Crippen LogP) is -0.491. The lowest BCUT2D eigenvalue weighted by molar-refractivity contribution is -0.141. The Morgan fingerprint density at radius 3 is 2.74 bits per heavy atom. The van der Waals surface area contributed by atoms with Gasteiger partial charge in [0.1, 0.15) is 6.04 Å². The van der Waals surface area contributed by atoms with E-state index in [0.717, 1.165) is 5.41 Å². The van der Waals surface area contributed by atoms with Crippen molar-refractivity contribution < 1.29 is 23.1 Å². The summed E-state index contributed by atoms with van der Waals surface area (Å²) in [5, 5.41) is 12.7. The first-order chi connectivity index (χ1) is 8.89. The number of amides is 2. The van der Waals surface area contributed by atoms with Gasteiger partial charge in [0.2, 0.25) is 0 Å². The number of carboxylic acids is 1. The van der Waals surface area contributed by atoms with Gasteiger partial charge in [-0.3, -0.25) is 0 Å². The fourth-order valence-electron chi connectivity index (χ4n) is 1.96. The highest BCUT2D eigenvalue weighted by atomic mass is 32.2. The molecule has 2 heterocycles. The van der Waals surface area contributed by atoms with Crippen molar-refractivity contribution in [3.63, 3.8) is 0 Å². The molecule has 0 saturated carbocycles. The maximum absolute atomic E-state index is 12.0. The first kappa shape index (κ1) is 14.2. The van der Waals surface area contributed by atoms with Gasteiger partial charge in [-0.2, -0.15) is 11.8 Å². The second-order valence-corrected chi connectivity index (χ2v) is 7.42. The lowest BCUT2D eigenvalue weighted by Crippen LogP contribution is -2.55. The van der Waals surface area contributed by atoms with Crippen LogP contribution in [0.5, 0.6) is 0 Å². The van der Waals surface area contributed by atoms with Gasteiger partial charge in [0, 0.05) is 23.5 Å². The van der Waals surface area contributed by atoms with Crippen molar-refractivity contribution in [2.45, 2.75) is 12.1 Å². The van der Waals surface area contributed by atoms with Crippen molar-refractivity contribution in [1.82, 2.24) is 10.2 Å². The third-order valence-electron chi connectivity index (χ3n) is 2.91. The van der Waals surface area contributed by atoms with Crippen LogP contribution in [0.2, 0.25) is 0 Å². The highest BCUT2D eigenvalue weighted by Crippen LogP contribution is 2.17. The lowest BCUT2D eigenvalue weighted by atomic mass is 10.3. The Kier molecular flexibility index (Phi) is 4.04. The number of hydrogen-bond acceptors (Lipinski definition) is 5. The number of nitrogens with zero attached hydrogens (tertiary/aromatic N) is 1. The summed E-state index contributed by atoms with van der Waals surface area (Å²) >= 11 is 1.48. The molecule has 19 heavy (non-hydrogen) atoms. The van der Waals surface area contributed by atoms with E-state index in [1.165, 1.54) is 22.7 Å². The SMILES string of the molecule is O=C(O)C1CSCCN1C(=O)NC1C=CS(=O)(=O)C1. The quantitative estimate of drug-likeness (QED) is 0.713. The molecule has 0 aromatic carbocycles. The van der Waals surface area contributed by atoms with E-state index in [1.54, 1.807) is 0 Å². The Morgan fingerprint density at radius 1 is 1.42 bits per heavy atom. The number of sulfone groups is 1. The van der Waals surface area contributed by atoms with Crippen molar-refractivity contribution in [2.24, 2.45) is 0 Å². The molecular weight excluding hydrogens is 292 g/mol. The van der Waals surface area contributed by atoms with Gasteiger partial charge in [0.15, 0.2) is 9.84 Å². The molecule has 0 aromatic heterocycles. The molecule has 7 nitrogen and oxygen atoms in total. The number of thioether (sulfide) groups is 1. The van der Waals surface area contributed by atoms with E-state index in [0.29, 0.717) is 18.1 Å². The second-order valence-electron chi connectivity index (χ2n) is 4.34. The summed E-state index contributed by atoms with van der Waals surface area (Å²) < 4.78 is 22.4. The monoisotopic (exact) mass is 306 g/mol. The van der Waals surface area contributed by atoms with E-state index in [1.807, 2.05) is 0 Å². The normalized spacial score (nSPS) is 29.2. The molecule has 2 rings (SSSR count). The minimum Gasteiger partial charge on any atom is -0.480 e. The summed E-state index contributed by atoms with van der Waals surface area (Å²) in [4.78, 5) is 24.3. The standard InChI is InChI=1S/C10H14N2O5S2/c13-9(14)8-5-18-3-2-12(8)10(15)11-7-1-4-19(16,17)6-7/h1,4,7-8H,2-3,5-6H2,(H,11,15)(H,13,14). The second kappa shape index (κ2) is 5.41. The number of carboxylic acid groups (broad SMARTS) is 1. The van der Waals surface area contributed by atoms with Crippen LogP contribution in [0.15, 0.2) is 11.5 Å². The van der Waals surface area contributed by atoms with Crippen molar-refractivity contribution in [1.29, 1.82) is 0 Å². The molecule has 1 fully saturated rings. The fraction of sp³-hybridized carbons (Fsp3) is 0.600. The zero-order valence-electron chi connectivity index (χ0n) is 9.98. The molecule has 0 spiro atoms. The third-order valence-corrected chi connectivity index (χ3v) is 5.33. The van der Waals surface area contributed by atoms with Crippen LogP contribution in [0, 0.1) is 0 Å². The molecule has 1 saturated heterocycles. The molecule has 0 radical (unpaired) electrons. The van der Waals surface area contributed by atoms with Crippen LogP contribution < -0.4 is 5.32 Å². The third kappa shape index (κ3) is 3.41. The molecule has 2 amide bonds. The predicted molar refractivity (Wildman–Crippen MR) is 70.7 cm³/mol. The van der Waals surface area contributed by atoms with Crippen molar-refractivity contribution >= 4 is 33.6 Å². The van der Waals surface area contributed by atoms with Crippen LogP contribution in [0.4, 0.5) is 4.79 Å². The Balaban J connectivity index is 1.99. The minimum absolute atomic E-state index is 0.168. The van der Waals surface area contributed by atoms with Crippen LogP contribution in [-0.4, -0.2) is 66.3 Å². The molecule has 0 aromatic rings. The Hall–Kier alpha value is -1.22. The molecule has 2 aliphatic heterocycles. The summed E-state index contributed by atoms with van der Waals surface area (Å²) in [6, 6.07) is -1.97. The molecule has 9 heteroatoms. The van der Waals surface area contributed by atoms with E-state index in [-0.39, 0.29) is 5.75 Å². The summed E-state index contributed by atoms with van der Waals surface area (Å²) in [6.07, 6.45) is 1.40. The zero-order chi connectivity index (χ0) is 14.0. The van der Waals surface area contributed by atoms with Gasteiger partial charge >= 0.3 is 12.0 Å². The van der Waals surface area contributed by atoms with E-state index < -0.39 is 33.9 Å². The fourth-order valence-corrected chi connectivity index (χ4v) is 4.23. The minimum atomic E-state index is -3.24. The van der Waals surface area contributed by atoms with Gasteiger partial charge in [0.25, 0.3) is 0 Å². The number of urea groups is 1. The number of rotatable bonds is 2. The molecule has 0 aliphatic carbocycles. The molecule has 2 N–H and O–H groups in total. The Labute approximate surface area is 114 Å². The lowest BCUT2D eigenvalue weighted by Gasteiger charge is -2.33. The Morgan fingerprint density at radius 2 is 2.16 bits per heavy atom. The zero-order valence-corrected chi connectivity index (χ0v) is 11.6. The summed E-state index contributed by atoms with van der Waals surface area (Å²) in [7, 11) is -3.24. The van der Waals surface area contributed by atoms with Crippen molar-refractivity contribution in [2.75, 3.05) is 23.8 Å². The van der Waals surface area contributed by atoms with Gasteiger partial charge in [-0.25, -0.2) is 18.0 Å². The van der Waals surface area contributed by atoms with Gasteiger partial charge < -0.3 is 15.3 Å². The van der Waals surface area contributed by atoms with Crippen LogP contribution in [0.1, 0.15) is 0 Å². The van der Waals surface area contributed by atoms with E-state index in [4.69, 9.17) is 5.11 Å². The molecular formula is C10H14N2O5S2. The van der Waals surface area contributed by atoms with Gasteiger partial charge in [-0.15, -0.1) is 0 Å². The molecule has 2 aliphatic rings. The average Bonchev–Trinajstić information content (AvgIpc) is 2.68. The largest absolute Gasteiger partial charge is 0.480 e. The highest BCUT2D eigenvalue weighted by Gasteiger charge is 2.34. The average molecular weight is 306 g/mol. The number of nitrogens with one attached hydrogen (secondary N) is 1. The first-order valence-corrected chi connectivity index (χ1v) is 8.55. The number of hydrogen-bond donors (Lipinski definition) is 2. The Bertz CT molecular complexity index is 516. The molecule has 2 atom stereocenters. The van der Waals surface area contributed by atoms with E-state index in [9.17, 15) is 18.0 Å². The van der Waals surface area contributed by atoms with Gasteiger partial charge in [-0.1, -0.05) is 0 Å². The molecule has 0 bridgehead atoms. The van der Waals surface area contributed by atoms with Crippen molar-refractivity contribution in [3.8, 4) is 0 Å². The van der Waals surface area contributed by atoms with Crippen molar-refractivity contribution in [3.05, 3.63) is 11.5 Å². The maximum atomic E-state index is 12.0. The highest BCUT2D eigenvalue weighted by molar-refractivity contribution is 7.99. The van der Waals surface area contributed by atoms with Gasteiger partial charge in [0.05, 0.1) is 11.8 Å². The first-order valence-electron chi connectivity index (χ1n) is 5.68. The van der Waals surface area contributed by atoms with Crippen LogP contribution >= 0.6 is 11.8 Å². The van der Waals surface area contributed by atoms with Crippen LogP contribution in [0.3, 0.4) is 0 Å². The number of carbonyl (C=O) groups is 2. The smallest absolute Gasteiger partial charge is 0.327 e. The van der Waals surface area contributed by atoms with Crippen LogP contribution in [-0.2, 0) is 14.6 Å². The van der Waals surface area contributed by atoms with E-state index >= 15 is 0 Å². The van der Waals surface area contributed by atoms with Gasteiger partial charge in [-0.05, 0) is 6.08 Å². The molecule has 2 unspecified atom stereocenters.